The second-order valence-corrected chi connectivity index (χ2v) is 7.86. The monoisotopic (exact) mass is 474 g/mol. The van der Waals surface area contributed by atoms with Crippen LogP contribution >= 0.6 is 23.2 Å². The molecule has 0 radical (unpaired) electrons. The lowest BCUT2D eigenvalue weighted by molar-refractivity contribution is -0.152. The van der Waals surface area contributed by atoms with Gasteiger partial charge >= 0.3 is 5.97 Å². The summed E-state index contributed by atoms with van der Waals surface area (Å²) in [7, 11) is 0. The normalized spacial score (nSPS) is 15.2. The highest BCUT2D eigenvalue weighted by Crippen LogP contribution is 2.30. The highest BCUT2D eigenvalue weighted by Gasteiger charge is 2.38. The molecule has 1 aromatic carbocycles. The lowest BCUT2D eigenvalue weighted by Gasteiger charge is -2.37. The summed E-state index contributed by atoms with van der Waals surface area (Å²) in [6.07, 6.45) is 4.58. The van der Waals surface area contributed by atoms with Crippen LogP contribution in [0.15, 0.2) is 48.9 Å². The summed E-state index contributed by atoms with van der Waals surface area (Å²) in [5.74, 6) is -2.16. The molecule has 0 saturated carbocycles. The molecule has 1 aliphatic rings. The van der Waals surface area contributed by atoms with Crippen LogP contribution in [0.5, 0.6) is 0 Å². The van der Waals surface area contributed by atoms with Gasteiger partial charge in [-0.1, -0.05) is 28.4 Å². The van der Waals surface area contributed by atoms with E-state index in [0.29, 0.717) is 22.0 Å². The van der Waals surface area contributed by atoms with Gasteiger partial charge in [0, 0.05) is 23.8 Å². The van der Waals surface area contributed by atoms with Crippen molar-refractivity contribution in [3.8, 4) is 5.69 Å². The summed E-state index contributed by atoms with van der Waals surface area (Å²) in [4.78, 5) is 44.2. The molecule has 0 bridgehead atoms. The van der Waals surface area contributed by atoms with Gasteiger partial charge in [-0.05, 0) is 35.9 Å². The van der Waals surface area contributed by atoms with Crippen LogP contribution in [0.3, 0.4) is 0 Å². The first-order valence-electron chi connectivity index (χ1n) is 9.43. The Balaban J connectivity index is 1.62. The third kappa shape index (κ3) is 4.41. The van der Waals surface area contributed by atoms with E-state index in [1.165, 1.54) is 34.2 Å². The fraction of sp³-hybridized carbons (Fsp3) is 0.200. The number of pyridine rings is 1. The van der Waals surface area contributed by atoms with Crippen molar-refractivity contribution in [1.82, 2.24) is 24.9 Å². The molecule has 3 aromatic rings. The lowest BCUT2D eigenvalue weighted by Crippen LogP contribution is -2.59. The van der Waals surface area contributed by atoms with Gasteiger partial charge < -0.3 is 10.0 Å². The number of halogens is 2. The number of carbonyl (C=O) groups excluding carboxylic acids is 2. The number of carboxylic acids is 1. The SMILES string of the molecule is O=C(O)C(Cc1ccncc1)N1CC(=O)N(c2cc(Cl)ccc2-n2cc(Cl)nn2)CC1=O. The molecule has 2 aromatic heterocycles. The zero-order valence-corrected chi connectivity index (χ0v) is 17.9. The van der Waals surface area contributed by atoms with Gasteiger partial charge in [0.25, 0.3) is 0 Å². The average molecular weight is 475 g/mol. The Morgan fingerprint density at radius 1 is 1.06 bits per heavy atom. The van der Waals surface area contributed by atoms with Crippen molar-refractivity contribution in [2.24, 2.45) is 0 Å². The number of anilines is 1. The van der Waals surface area contributed by atoms with E-state index < -0.39 is 30.4 Å². The van der Waals surface area contributed by atoms with E-state index in [9.17, 15) is 19.5 Å². The fourth-order valence-corrected chi connectivity index (χ4v) is 3.77. The van der Waals surface area contributed by atoms with Gasteiger partial charge in [-0.25, -0.2) is 9.48 Å². The molecule has 0 aliphatic carbocycles. The fourth-order valence-electron chi connectivity index (χ4n) is 3.48. The molecule has 2 amide bonds. The number of piperazine rings is 1. The largest absolute Gasteiger partial charge is 0.480 e. The van der Waals surface area contributed by atoms with E-state index in [4.69, 9.17) is 23.2 Å². The van der Waals surface area contributed by atoms with Crippen LogP contribution < -0.4 is 4.90 Å². The lowest BCUT2D eigenvalue weighted by atomic mass is 10.0. The van der Waals surface area contributed by atoms with Crippen LogP contribution in [-0.2, 0) is 20.8 Å². The minimum atomic E-state index is -1.20. The summed E-state index contributed by atoms with van der Waals surface area (Å²) in [5.41, 5.74) is 1.46. The quantitative estimate of drug-likeness (QED) is 0.578. The van der Waals surface area contributed by atoms with Gasteiger partial charge in [0.05, 0.1) is 17.6 Å². The first-order chi connectivity index (χ1) is 15.3. The average Bonchev–Trinajstić information content (AvgIpc) is 3.20. The van der Waals surface area contributed by atoms with Crippen LogP contribution in [0.1, 0.15) is 5.56 Å². The van der Waals surface area contributed by atoms with Crippen molar-refractivity contribution in [2.75, 3.05) is 18.0 Å². The van der Waals surface area contributed by atoms with Crippen LogP contribution in [0, 0.1) is 0 Å². The Labute approximate surface area is 192 Å². The number of amides is 2. The Hall–Kier alpha value is -3.50. The Kier molecular flexibility index (Phi) is 6.06. The number of rotatable bonds is 6. The summed E-state index contributed by atoms with van der Waals surface area (Å²) < 4.78 is 1.36. The summed E-state index contributed by atoms with van der Waals surface area (Å²) in [6, 6.07) is 6.90. The maximum atomic E-state index is 13.0. The molecule has 12 heteroatoms. The molecular formula is C20H16Cl2N6O4. The molecule has 4 rings (SSSR count). The van der Waals surface area contributed by atoms with Gasteiger partial charge in [0.1, 0.15) is 19.1 Å². The second kappa shape index (κ2) is 8.93. The van der Waals surface area contributed by atoms with Crippen LogP contribution in [-0.4, -0.2) is 66.9 Å². The summed E-state index contributed by atoms with van der Waals surface area (Å²) in [6.45, 7) is -0.750. The van der Waals surface area contributed by atoms with Crippen molar-refractivity contribution in [1.29, 1.82) is 0 Å². The Morgan fingerprint density at radius 2 is 1.81 bits per heavy atom. The number of carboxylic acid groups (broad SMARTS) is 1. The van der Waals surface area contributed by atoms with Gasteiger partial charge in [-0.3, -0.25) is 19.5 Å². The minimum absolute atomic E-state index is 0.0523. The number of hydrogen-bond donors (Lipinski definition) is 1. The molecular weight excluding hydrogens is 459 g/mol. The van der Waals surface area contributed by atoms with E-state index in [1.807, 2.05) is 0 Å². The second-order valence-electron chi connectivity index (χ2n) is 7.03. The van der Waals surface area contributed by atoms with Gasteiger partial charge in [-0.2, -0.15) is 0 Å². The summed E-state index contributed by atoms with van der Waals surface area (Å²) >= 11 is 12.0. The molecule has 0 spiro atoms. The molecule has 3 heterocycles. The standard InChI is InChI=1S/C20H16Cl2N6O4/c21-13-1-2-14(28-9-17(22)24-25-28)15(8-13)26-10-19(30)27(11-18(26)29)16(20(31)32)7-12-3-5-23-6-4-12/h1-6,8-9,16H,7,10-11H2,(H,31,32). The number of nitrogens with zero attached hydrogens (tertiary/aromatic N) is 6. The van der Waals surface area contributed by atoms with Gasteiger partial charge in [0.2, 0.25) is 11.8 Å². The maximum absolute atomic E-state index is 13.0. The van der Waals surface area contributed by atoms with Crippen molar-refractivity contribution in [3.05, 3.63) is 64.7 Å². The molecule has 1 saturated heterocycles. The third-order valence-electron chi connectivity index (χ3n) is 5.00. The molecule has 1 fully saturated rings. The predicted octanol–water partition coefficient (Wildman–Crippen LogP) is 1.84. The molecule has 10 nitrogen and oxygen atoms in total. The highest BCUT2D eigenvalue weighted by atomic mass is 35.5. The third-order valence-corrected chi connectivity index (χ3v) is 5.41. The van der Waals surface area contributed by atoms with E-state index in [-0.39, 0.29) is 18.1 Å². The first kappa shape index (κ1) is 21.7. The highest BCUT2D eigenvalue weighted by molar-refractivity contribution is 6.31. The maximum Gasteiger partial charge on any atom is 0.326 e. The minimum Gasteiger partial charge on any atom is -0.480 e. The molecule has 1 atom stereocenters. The molecule has 32 heavy (non-hydrogen) atoms. The molecule has 1 unspecified atom stereocenters. The van der Waals surface area contributed by atoms with Gasteiger partial charge in [0.15, 0.2) is 5.15 Å². The van der Waals surface area contributed by atoms with Crippen molar-refractivity contribution < 1.29 is 19.5 Å². The smallest absolute Gasteiger partial charge is 0.326 e. The van der Waals surface area contributed by atoms with E-state index >= 15 is 0 Å². The van der Waals surface area contributed by atoms with Crippen molar-refractivity contribution >= 4 is 46.7 Å². The number of hydrogen-bond acceptors (Lipinski definition) is 6. The number of carbonyl (C=O) groups is 3. The van der Waals surface area contributed by atoms with E-state index in [2.05, 4.69) is 15.3 Å². The van der Waals surface area contributed by atoms with Gasteiger partial charge in [-0.15, -0.1) is 5.10 Å². The number of aromatic nitrogens is 4. The van der Waals surface area contributed by atoms with Crippen molar-refractivity contribution in [3.63, 3.8) is 0 Å². The molecule has 164 valence electrons. The predicted molar refractivity (Wildman–Crippen MR) is 115 cm³/mol. The Bertz CT molecular complexity index is 1190. The molecule has 1 aliphatic heterocycles. The topological polar surface area (TPSA) is 122 Å². The first-order valence-corrected chi connectivity index (χ1v) is 10.2. The van der Waals surface area contributed by atoms with Crippen molar-refractivity contribution in [2.45, 2.75) is 12.5 Å². The van der Waals surface area contributed by atoms with Crippen LogP contribution in [0.25, 0.3) is 5.69 Å². The number of aliphatic carboxylic acids is 1. The number of benzene rings is 1. The van der Waals surface area contributed by atoms with Crippen LogP contribution in [0.4, 0.5) is 5.69 Å². The zero-order chi connectivity index (χ0) is 22.8. The van der Waals surface area contributed by atoms with E-state index in [1.54, 1.807) is 24.3 Å². The Morgan fingerprint density at radius 3 is 2.47 bits per heavy atom. The zero-order valence-electron chi connectivity index (χ0n) is 16.4. The molecule has 1 N–H and O–H groups in total. The van der Waals surface area contributed by atoms with E-state index in [0.717, 1.165) is 4.90 Å². The van der Waals surface area contributed by atoms with Crippen LogP contribution in [0.2, 0.25) is 10.2 Å². The summed E-state index contributed by atoms with van der Waals surface area (Å²) in [5, 5.41) is 17.9.